The number of carbonyl (C=O) groups excluding carboxylic acids is 4. The molecule has 0 N–H and O–H groups in total. The fourth-order valence-electron chi connectivity index (χ4n) is 7.63. The molecule has 0 saturated heterocycles. The quantitative estimate of drug-likeness (QED) is 0.114. The maximum atomic E-state index is 14.1. The molecule has 0 fully saturated rings. The summed E-state index contributed by atoms with van der Waals surface area (Å²) in [5, 5.41) is 6.40. The lowest BCUT2D eigenvalue weighted by Crippen LogP contribution is -2.41. The molecule has 7 aromatic carbocycles. The van der Waals surface area contributed by atoms with Gasteiger partial charge < -0.3 is 0 Å². The summed E-state index contributed by atoms with van der Waals surface area (Å²) in [5.74, 6) is -1.41. The van der Waals surface area contributed by atoms with Gasteiger partial charge in [0.05, 0.1) is 11.4 Å². The molecule has 220 valence electrons. The van der Waals surface area contributed by atoms with E-state index in [-0.39, 0.29) is 23.6 Å². The molecule has 6 nitrogen and oxygen atoms in total. The average molecular weight is 599 g/mol. The SMILES string of the molecule is Cc1ccc(C)c(N2C(=O)c3ccc4c5ccc6c7c(ccc(c8ccc(c3c48)C2=O)c75)C(=O)N(c2cc(C)ccc2C)C6=O)c1. The van der Waals surface area contributed by atoms with Crippen LogP contribution in [0.2, 0.25) is 0 Å². The molecule has 2 aliphatic rings. The minimum Gasteiger partial charge on any atom is -0.268 e. The lowest BCUT2D eigenvalue weighted by Gasteiger charge is -2.31. The van der Waals surface area contributed by atoms with Crippen molar-refractivity contribution in [1.82, 2.24) is 0 Å². The third-order valence-corrected chi connectivity index (χ3v) is 9.85. The fourth-order valence-corrected chi connectivity index (χ4v) is 7.63. The van der Waals surface area contributed by atoms with Gasteiger partial charge in [-0.25, -0.2) is 9.80 Å². The minimum absolute atomic E-state index is 0.353. The van der Waals surface area contributed by atoms with Gasteiger partial charge in [0.15, 0.2) is 0 Å². The van der Waals surface area contributed by atoms with Crippen LogP contribution in [-0.2, 0) is 0 Å². The standard InChI is InChI=1S/C40H26N2O4/c1-19-5-7-21(3)31(17-19)41-37(43)27-13-9-23-25-11-15-29-36-30(40(46)42(39(29)45)32-18-20(2)6-8-22(32)4)16-12-26(34(25)36)24-10-14-28(38(41)44)35(27)33(23)24/h5-18H,1-4H3. The van der Waals surface area contributed by atoms with Crippen LogP contribution in [0.25, 0.3) is 43.1 Å². The van der Waals surface area contributed by atoms with Gasteiger partial charge in [-0.3, -0.25) is 19.2 Å². The molecule has 9 rings (SSSR count). The smallest absolute Gasteiger partial charge is 0.265 e. The summed E-state index contributed by atoms with van der Waals surface area (Å²) < 4.78 is 0. The number of nitrogens with zero attached hydrogens (tertiary/aromatic N) is 2. The van der Waals surface area contributed by atoms with Crippen molar-refractivity contribution in [3.63, 3.8) is 0 Å². The van der Waals surface area contributed by atoms with Crippen LogP contribution in [-0.4, -0.2) is 23.6 Å². The lowest BCUT2D eigenvalue weighted by atomic mass is 9.82. The highest BCUT2D eigenvalue weighted by Gasteiger charge is 2.38. The molecule has 0 atom stereocenters. The number of anilines is 2. The highest BCUT2D eigenvalue weighted by atomic mass is 16.2. The number of hydrogen-bond donors (Lipinski definition) is 0. The van der Waals surface area contributed by atoms with Gasteiger partial charge >= 0.3 is 0 Å². The normalized spacial score (nSPS) is 14.6. The second-order valence-corrected chi connectivity index (χ2v) is 12.6. The van der Waals surface area contributed by atoms with E-state index >= 15 is 0 Å². The summed E-state index contributed by atoms with van der Waals surface area (Å²) >= 11 is 0. The first-order valence-electron chi connectivity index (χ1n) is 15.3. The molecule has 0 unspecified atom stereocenters. The van der Waals surface area contributed by atoms with E-state index in [0.717, 1.165) is 54.6 Å². The Morgan fingerprint density at radius 3 is 0.978 bits per heavy atom. The molecule has 46 heavy (non-hydrogen) atoms. The van der Waals surface area contributed by atoms with E-state index in [1.54, 1.807) is 24.3 Å². The van der Waals surface area contributed by atoms with Gasteiger partial charge in [-0.15, -0.1) is 0 Å². The molecule has 0 spiro atoms. The van der Waals surface area contributed by atoms with Crippen LogP contribution in [0.1, 0.15) is 63.7 Å². The molecule has 2 heterocycles. The summed E-state index contributed by atoms with van der Waals surface area (Å²) in [6.45, 7) is 7.68. The van der Waals surface area contributed by atoms with Crippen LogP contribution in [0.3, 0.4) is 0 Å². The zero-order chi connectivity index (χ0) is 31.8. The fraction of sp³-hybridized carbons (Fsp3) is 0.100. The number of carbonyl (C=O) groups is 4. The molecule has 2 aliphatic heterocycles. The molecule has 0 aromatic heterocycles. The highest BCUT2D eigenvalue weighted by molar-refractivity contribution is 6.45. The molecule has 6 heteroatoms. The first kappa shape index (κ1) is 26.5. The average Bonchev–Trinajstić information content (AvgIpc) is 3.05. The molecular weight excluding hydrogens is 572 g/mol. The van der Waals surface area contributed by atoms with Crippen molar-refractivity contribution in [1.29, 1.82) is 0 Å². The van der Waals surface area contributed by atoms with E-state index < -0.39 is 0 Å². The van der Waals surface area contributed by atoms with E-state index in [2.05, 4.69) is 0 Å². The van der Waals surface area contributed by atoms with Gasteiger partial charge in [0.1, 0.15) is 0 Å². The largest absolute Gasteiger partial charge is 0.268 e. The van der Waals surface area contributed by atoms with Gasteiger partial charge in [-0.1, -0.05) is 48.5 Å². The van der Waals surface area contributed by atoms with Gasteiger partial charge in [0.2, 0.25) is 0 Å². The molecule has 0 bridgehead atoms. The molecule has 7 aromatic rings. The Labute approximate surface area is 263 Å². The van der Waals surface area contributed by atoms with Crippen LogP contribution in [0.4, 0.5) is 11.4 Å². The number of imide groups is 2. The van der Waals surface area contributed by atoms with Crippen molar-refractivity contribution in [3.05, 3.63) is 129 Å². The summed E-state index contributed by atoms with van der Waals surface area (Å²) in [4.78, 5) is 58.9. The predicted molar refractivity (Wildman–Crippen MR) is 182 cm³/mol. The Kier molecular flexibility index (Phi) is 5.10. The number of rotatable bonds is 2. The highest BCUT2D eigenvalue weighted by Crippen LogP contribution is 2.47. The number of amides is 4. The van der Waals surface area contributed by atoms with Gasteiger partial charge in [0.25, 0.3) is 23.6 Å². The van der Waals surface area contributed by atoms with Crippen LogP contribution in [0.15, 0.2) is 84.9 Å². The van der Waals surface area contributed by atoms with Gasteiger partial charge in [0, 0.05) is 33.0 Å². The Hall–Kier alpha value is -5.88. The molecule has 0 aliphatic carbocycles. The third-order valence-electron chi connectivity index (χ3n) is 9.85. The Morgan fingerprint density at radius 1 is 0.370 bits per heavy atom. The van der Waals surface area contributed by atoms with Crippen molar-refractivity contribution in [2.24, 2.45) is 0 Å². The molecule has 4 amide bonds. The van der Waals surface area contributed by atoms with Crippen molar-refractivity contribution in [2.45, 2.75) is 27.7 Å². The maximum Gasteiger partial charge on any atom is 0.265 e. The molecule has 0 saturated carbocycles. The summed E-state index contributed by atoms with van der Waals surface area (Å²) in [6.07, 6.45) is 0. The van der Waals surface area contributed by atoms with Crippen LogP contribution in [0.5, 0.6) is 0 Å². The molecule has 0 radical (unpaired) electrons. The second kappa shape index (κ2) is 8.86. The minimum atomic E-state index is -0.353. The first-order valence-corrected chi connectivity index (χ1v) is 15.3. The zero-order valence-corrected chi connectivity index (χ0v) is 25.6. The molecular formula is C40H26N2O4. The van der Waals surface area contributed by atoms with Crippen LogP contribution in [0, 0.1) is 27.7 Å². The Bertz CT molecular complexity index is 2310. The summed E-state index contributed by atoms with van der Waals surface area (Å²) in [7, 11) is 0. The maximum absolute atomic E-state index is 14.1. The van der Waals surface area contributed by atoms with E-state index in [9.17, 15) is 19.2 Å². The second-order valence-electron chi connectivity index (χ2n) is 12.6. The van der Waals surface area contributed by atoms with Crippen molar-refractivity contribution in [2.75, 3.05) is 9.80 Å². The number of fused-ring (bicyclic) bond motifs is 2. The lowest BCUT2D eigenvalue weighted by molar-refractivity contribution is 0.0877. The van der Waals surface area contributed by atoms with Crippen LogP contribution < -0.4 is 9.80 Å². The number of hydrogen-bond acceptors (Lipinski definition) is 4. The Balaban J connectivity index is 1.31. The van der Waals surface area contributed by atoms with E-state index in [1.807, 2.05) is 88.4 Å². The first-order chi connectivity index (χ1) is 22.2. The van der Waals surface area contributed by atoms with Crippen molar-refractivity contribution < 1.29 is 19.2 Å². The van der Waals surface area contributed by atoms with Gasteiger partial charge in [-0.2, -0.15) is 0 Å². The number of benzene rings is 7. The van der Waals surface area contributed by atoms with E-state index in [4.69, 9.17) is 0 Å². The van der Waals surface area contributed by atoms with Crippen molar-refractivity contribution >= 4 is 78.1 Å². The third kappa shape index (κ3) is 3.20. The predicted octanol–water partition coefficient (Wildman–Crippen LogP) is 8.57. The van der Waals surface area contributed by atoms with Gasteiger partial charge in [-0.05, 0) is 119 Å². The van der Waals surface area contributed by atoms with E-state index in [0.29, 0.717) is 44.4 Å². The topological polar surface area (TPSA) is 74.8 Å². The monoisotopic (exact) mass is 598 g/mol. The van der Waals surface area contributed by atoms with Crippen LogP contribution >= 0.6 is 0 Å². The number of aryl methyl sites for hydroxylation is 4. The van der Waals surface area contributed by atoms with E-state index in [1.165, 1.54) is 9.80 Å². The van der Waals surface area contributed by atoms with Crippen molar-refractivity contribution in [3.8, 4) is 0 Å². The summed E-state index contributed by atoms with van der Waals surface area (Å²) in [5.41, 5.74) is 6.67. The Morgan fingerprint density at radius 2 is 0.674 bits per heavy atom. The summed E-state index contributed by atoms with van der Waals surface area (Å²) in [6, 6.07) is 26.5. The zero-order valence-electron chi connectivity index (χ0n) is 25.6.